The van der Waals surface area contributed by atoms with E-state index in [-0.39, 0.29) is 0 Å². The Morgan fingerprint density at radius 3 is 0.739 bits per heavy atom. The van der Waals surface area contributed by atoms with Gasteiger partial charge in [0.05, 0.1) is 17.1 Å². The lowest BCUT2D eigenvalue weighted by molar-refractivity contribution is 0.866. The average Bonchev–Trinajstić information content (AvgIpc) is 3.40. The van der Waals surface area contributed by atoms with Crippen LogP contribution in [-0.2, 0) is 0 Å². The molecule has 7 aromatic carbocycles. The van der Waals surface area contributed by atoms with Crippen LogP contribution in [0.4, 0.5) is 0 Å². The van der Waals surface area contributed by atoms with Crippen molar-refractivity contribution in [1.82, 2.24) is 15.0 Å². The van der Waals surface area contributed by atoms with Crippen molar-refractivity contribution in [3.8, 4) is 101 Å². The lowest BCUT2D eigenvalue weighted by atomic mass is 9.83. The summed E-state index contributed by atoms with van der Waals surface area (Å²) < 4.78 is 28.4. The maximum absolute atomic E-state index is 9.48. The van der Waals surface area contributed by atoms with E-state index in [4.69, 9.17) is 15.0 Å². The molecule has 10 rings (SSSR count). The Labute approximate surface area is 412 Å². The van der Waals surface area contributed by atoms with Gasteiger partial charge in [0.2, 0.25) is 0 Å². The van der Waals surface area contributed by atoms with Crippen molar-refractivity contribution in [1.29, 1.82) is 0 Å². The molecule has 0 bridgehead atoms. The maximum atomic E-state index is 9.48. The lowest BCUT2D eigenvalue weighted by Gasteiger charge is -2.21. The summed E-state index contributed by atoms with van der Waals surface area (Å²) >= 11 is 0. The van der Waals surface area contributed by atoms with Crippen molar-refractivity contribution >= 4 is 0 Å². The highest BCUT2D eigenvalue weighted by Crippen LogP contribution is 2.45. The second kappa shape index (κ2) is 19.7. The number of nitrogens with zero attached hydrogens (tertiary/aromatic N) is 3. The molecule has 0 unspecified atom stereocenters. The van der Waals surface area contributed by atoms with Crippen LogP contribution >= 0.6 is 0 Å². The topological polar surface area (TPSA) is 38.7 Å². The fourth-order valence-electron chi connectivity index (χ4n) is 9.55. The molecule has 3 heterocycles. The van der Waals surface area contributed by atoms with Gasteiger partial charge < -0.3 is 0 Å². The van der Waals surface area contributed by atoms with Crippen LogP contribution in [0.3, 0.4) is 0 Å². The molecule has 0 atom stereocenters. The lowest BCUT2D eigenvalue weighted by Crippen LogP contribution is -1.99. The van der Waals surface area contributed by atoms with Gasteiger partial charge in [0.15, 0.2) is 0 Å². The largest absolute Gasteiger partial charge is 0.256 e. The summed E-state index contributed by atoms with van der Waals surface area (Å²) in [5, 5.41) is 0. The van der Waals surface area contributed by atoms with Gasteiger partial charge in [-0.15, -0.1) is 0 Å². The number of benzene rings is 7. The summed E-state index contributed by atoms with van der Waals surface area (Å²) in [6.45, 7) is 11.6. The first-order valence-electron chi connectivity index (χ1n) is 25.2. The molecule has 3 nitrogen and oxygen atoms in total. The third-order valence-corrected chi connectivity index (χ3v) is 13.1. The molecule has 0 radical (unpaired) electrons. The van der Waals surface area contributed by atoms with Crippen molar-refractivity contribution in [2.45, 2.75) is 59.2 Å². The van der Waals surface area contributed by atoms with Gasteiger partial charge in [0.1, 0.15) is 0 Å². The molecule has 0 aliphatic carbocycles. The minimum atomic E-state index is -0.944. The second-order valence-corrected chi connectivity index (χ2v) is 18.4. The van der Waals surface area contributed by atoms with Crippen LogP contribution in [-0.4, -0.2) is 15.0 Å². The van der Waals surface area contributed by atoms with Crippen LogP contribution < -0.4 is 0 Å². The van der Waals surface area contributed by atoms with E-state index in [0.29, 0.717) is 0 Å². The predicted molar refractivity (Wildman–Crippen MR) is 291 cm³/mol. The molecule has 0 saturated carbocycles. The molecule has 0 amide bonds. The third-order valence-electron chi connectivity index (χ3n) is 13.1. The number of aromatic nitrogens is 3. The highest BCUT2D eigenvalue weighted by Gasteiger charge is 2.22. The van der Waals surface area contributed by atoms with E-state index >= 15 is 0 Å². The Morgan fingerprint density at radius 1 is 0.261 bits per heavy atom. The first-order chi connectivity index (χ1) is 34.6. The van der Waals surface area contributed by atoms with Crippen LogP contribution in [0.2, 0.25) is 0 Å². The molecule has 0 fully saturated rings. The normalized spacial score (nSPS) is 12.5. The van der Waals surface area contributed by atoms with Gasteiger partial charge >= 0.3 is 0 Å². The molecule has 0 saturated heterocycles. The maximum Gasteiger partial charge on any atom is 0.0705 e. The zero-order valence-corrected chi connectivity index (χ0v) is 40.1. The molecule has 69 heavy (non-hydrogen) atoms. The van der Waals surface area contributed by atoms with Gasteiger partial charge in [-0.2, -0.15) is 0 Å². The Kier molecular flexibility index (Phi) is 11.8. The van der Waals surface area contributed by atoms with Gasteiger partial charge in [-0.1, -0.05) is 205 Å². The quantitative estimate of drug-likeness (QED) is 0.123. The minimum Gasteiger partial charge on any atom is -0.256 e. The SMILES string of the molecule is [2H]C(C)(C)c1cc(-c2ccccc2)ncc1-c1ccccc1-c1cc(-c2ccccc2-c2cnc(-c3ccccc3)cc2C([2H])(C)C)cc(-c2ccccc2-c2cnc(-c3ccccc3)cc2C([2H])(C)C)c1. The first-order valence-corrected chi connectivity index (χ1v) is 23.7. The van der Waals surface area contributed by atoms with E-state index in [9.17, 15) is 4.11 Å². The fourth-order valence-corrected chi connectivity index (χ4v) is 9.55. The zero-order chi connectivity index (χ0) is 50.2. The summed E-state index contributed by atoms with van der Waals surface area (Å²) in [5.74, 6) is -2.83. The molecule has 0 spiro atoms. The Bertz CT molecular complexity index is 3180. The van der Waals surface area contributed by atoms with E-state index < -0.39 is 17.7 Å². The standard InChI is InChI=1S/C66H57N3/c1-43(2)58-37-64(46-22-10-7-11-23-46)67-40-61(58)55-31-19-16-28-52(55)49-34-50(53-29-17-20-32-56(53)62-41-68-65(38-59(62)44(3)4)47-24-12-8-13-25-47)36-51(35-49)54-30-18-21-33-57(54)63-42-69-66(39-60(63)45(5)6)48-26-14-9-15-27-48/h7-45H,1-6H3/i43D,44D,45D. The van der Waals surface area contributed by atoms with E-state index in [1.165, 1.54) is 0 Å². The summed E-state index contributed by atoms with van der Waals surface area (Å²) in [6, 6.07) is 68.9. The number of pyridine rings is 3. The van der Waals surface area contributed by atoms with Gasteiger partial charge in [-0.25, -0.2) is 0 Å². The van der Waals surface area contributed by atoms with Gasteiger partial charge in [0, 0.05) is 56.1 Å². The Hall–Kier alpha value is -8.01. The zero-order valence-electron chi connectivity index (χ0n) is 43.1. The average molecular weight is 895 g/mol. The summed E-state index contributed by atoms with van der Waals surface area (Å²) in [5.41, 5.74) is 19.7. The second-order valence-electron chi connectivity index (χ2n) is 18.4. The monoisotopic (exact) mass is 894 g/mol. The predicted octanol–water partition coefficient (Wildman–Crippen LogP) is 18.2. The summed E-state index contributed by atoms with van der Waals surface area (Å²) in [6.07, 6.45) is 5.82. The molecular weight excluding hydrogens is 835 g/mol. The van der Waals surface area contributed by atoms with Crippen LogP contribution in [0.1, 0.15) is 80.0 Å². The highest BCUT2D eigenvalue weighted by molar-refractivity contribution is 5.95. The van der Waals surface area contributed by atoms with Gasteiger partial charge in [-0.3, -0.25) is 15.0 Å². The molecule has 3 heteroatoms. The van der Waals surface area contributed by atoms with Crippen LogP contribution in [0.25, 0.3) is 101 Å². The van der Waals surface area contributed by atoms with Crippen LogP contribution in [0.5, 0.6) is 0 Å². The highest BCUT2D eigenvalue weighted by atomic mass is 14.7. The van der Waals surface area contributed by atoms with Crippen molar-refractivity contribution in [3.63, 3.8) is 0 Å². The van der Waals surface area contributed by atoms with Crippen molar-refractivity contribution in [3.05, 3.63) is 235 Å². The Morgan fingerprint density at radius 2 is 0.493 bits per heavy atom. The molecule has 3 aromatic heterocycles. The molecule has 336 valence electrons. The number of hydrogen-bond acceptors (Lipinski definition) is 3. The number of hydrogen-bond donors (Lipinski definition) is 0. The molecule has 0 aliphatic heterocycles. The third kappa shape index (κ3) is 9.21. The van der Waals surface area contributed by atoms with E-state index in [1.807, 2.05) is 115 Å². The van der Waals surface area contributed by atoms with E-state index in [1.54, 1.807) is 0 Å². The number of rotatable bonds is 12. The van der Waals surface area contributed by atoms with E-state index in [2.05, 4.69) is 146 Å². The fraction of sp³-hybridized carbons (Fsp3) is 0.136. The molecule has 0 aliphatic rings. The summed E-state index contributed by atoms with van der Waals surface area (Å²) in [7, 11) is 0. The van der Waals surface area contributed by atoms with Crippen molar-refractivity contribution < 1.29 is 4.11 Å². The van der Waals surface area contributed by atoms with Gasteiger partial charge in [-0.05, 0) is 121 Å². The first kappa shape index (κ1) is 41.2. The Balaban J connectivity index is 1.22. The summed E-state index contributed by atoms with van der Waals surface area (Å²) in [4.78, 5) is 15.1. The van der Waals surface area contributed by atoms with Crippen molar-refractivity contribution in [2.24, 2.45) is 0 Å². The minimum absolute atomic E-state index is 0.827. The van der Waals surface area contributed by atoms with E-state index in [0.717, 1.165) is 117 Å². The van der Waals surface area contributed by atoms with Crippen LogP contribution in [0, 0.1) is 0 Å². The molecular formula is C66H57N3. The smallest absolute Gasteiger partial charge is 0.0705 e. The van der Waals surface area contributed by atoms with Crippen LogP contribution in [0.15, 0.2) is 219 Å². The van der Waals surface area contributed by atoms with Crippen molar-refractivity contribution in [2.75, 3.05) is 0 Å². The van der Waals surface area contributed by atoms with Gasteiger partial charge in [0.25, 0.3) is 0 Å². The molecule has 10 aromatic rings. The molecule has 0 N–H and O–H groups in total.